The topological polar surface area (TPSA) is 63.0 Å². The van der Waals surface area contributed by atoms with Crippen molar-refractivity contribution in [1.29, 1.82) is 5.26 Å². The molecule has 1 aromatic carbocycles. The molecule has 98 valence electrons. The Hall–Kier alpha value is -2.22. The number of nitriles is 1. The number of hydrogen-bond acceptors (Lipinski definition) is 4. The van der Waals surface area contributed by atoms with Crippen LogP contribution in [-0.4, -0.2) is 0 Å². The molecule has 3 rings (SSSR count). The minimum Gasteiger partial charge on any atom is -0.452 e. The lowest BCUT2D eigenvalue weighted by molar-refractivity contribution is 0.570. The molecule has 2 N–H and O–H groups in total. The Kier molecular flexibility index (Phi) is 3.23. The van der Waals surface area contributed by atoms with Gasteiger partial charge in [0.1, 0.15) is 10.9 Å². The molecule has 0 bridgehead atoms. The number of benzene rings is 1. The predicted octanol–water partition coefficient (Wildman–Crippen LogP) is 4.78. The Labute approximate surface area is 124 Å². The minimum absolute atomic E-state index is 0.299. The van der Waals surface area contributed by atoms with Crippen LogP contribution in [0.2, 0.25) is 5.22 Å². The molecule has 0 saturated heterocycles. The van der Waals surface area contributed by atoms with Crippen LogP contribution >= 0.6 is 22.9 Å². The van der Waals surface area contributed by atoms with E-state index in [1.54, 1.807) is 6.07 Å². The van der Waals surface area contributed by atoms with Crippen LogP contribution in [-0.2, 0) is 0 Å². The maximum atomic E-state index is 9.19. The van der Waals surface area contributed by atoms with Crippen LogP contribution in [0.5, 0.6) is 0 Å². The molecule has 0 aliphatic carbocycles. The number of furan rings is 1. The van der Waals surface area contributed by atoms with Crippen molar-refractivity contribution in [3.8, 4) is 27.6 Å². The van der Waals surface area contributed by atoms with Crippen LogP contribution < -0.4 is 5.73 Å². The molecule has 0 unspecified atom stereocenters. The molecule has 2 heterocycles. The third-order valence-corrected chi connectivity index (χ3v) is 4.41. The molecular weight excluding hydrogens is 292 g/mol. The standard InChI is InChI=1S/C15H9ClN2OS/c16-15-10(6-7-19-15)14-12(9-4-2-1-3-5-9)13(18)11(8-17)20-14/h1-7H,18H2. The number of nitrogen functional groups attached to an aromatic ring is 1. The molecule has 20 heavy (non-hydrogen) atoms. The van der Waals surface area contributed by atoms with Crippen LogP contribution in [0.3, 0.4) is 0 Å². The lowest BCUT2D eigenvalue weighted by Crippen LogP contribution is -1.89. The Bertz CT molecular complexity index is 799. The quantitative estimate of drug-likeness (QED) is 0.740. The van der Waals surface area contributed by atoms with Gasteiger partial charge in [0.25, 0.3) is 0 Å². The maximum absolute atomic E-state index is 9.19. The SMILES string of the molecule is N#Cc1sc(-c2ccoc2Cl)c(-c2ccccc2)c1N. The first-order chi connectivity index (χ1) is 9.72. The number of rotatable bonds is 2. The van der Waals surface area contributed by atoms with Gasteiger partial charge < -0.3 is 10.2 Å². The number of nitrogens with two attached hydrogens (primary N) is 1. The Morgan fingerprint density at radius 3 is 2.55 bits per heavy atom. The molecule has 0 amide bonds. The molecule has 0 atom stereocenters. The van der Waals surface area contributed by atoms with Crippen LogP contribution in [0, 0.1) is 11.3 Å². The fraction of sp³-hybridized carbons (Fsp3) is 0. The van der Waals surface area contributed by atoms with Crippen LogP contribution in [0.15, 0.2) is 47.1 Å². The van der Waals surface area contributed by atoms with E-state index >= 15 is 0 Å². The molecule has 3 aromatic rings. The molecular formula is C15H9ClN2OS. The molecule has 0 saturated carbocycles. The van der Waals surface area contributed by atoms with Gasteiger partial charge in [0.2, 0.25) is 5.22 Å². The van der Waals surface area contributed by atoms with E-state index in [1.807, 2.05) is 30.3 Å². The van der Waals surface area contributed by atoms with Gasteiger partial charge in [0.15, 0.2) is 0 Å². The summed E-state index contributed by atoms with van der Waals surface area (Å²) in [7, 11) is 0. The normalized spacial score (nSPS) is 10.4. The van der Waals surface area contributed by atoms with Crippen molar-refractivity contribution in [2.75, 3.05) is 5.73 Å². The summed E-state index contributed by atoms with van der Waals surface area (Å²) >= 11 is 7.38. The zero-order valence-electron chi connectivity index (χ0n) is 10.3. The van der Waals surface area contributed by atoms with Gasteiger partial charge in [-0.25, -0.2) is 0 Å². The highest BCUT2D eigenvalue weighted by Gasteiger charge is 2.21. The smallest absolute Gasteiger partial charge is 0.201 e. The summed E-state index contributed by atoms with van der Waals surface area (Å²) in [5.74, 6) is 0. The Morgan fingerprint density at radius 2 is 1.95 bits per heavy atom. The monoisotopic (exact) mass is 300 g/mol. The number of hydrogen-bond donors (Lipinski definition) is 1. The zero-order chi connectivity index (χ0) is 14.1. The number of nitrogens with zero attached hydrogens (tertiary/aromatic N) is 1. The van der Waals surface area contributed by atoms with E-state index in [0.717, 1.165) is 21.6 Å². The van der Waals surface area contributed by atoms with Crippen molar-refractivity contribution in [3.05, 3.63) is 52.8 Å². The highest BCUT2D eigenvalue weighted by molar-refractivity contribution is 7.17. The molecule has 0 fully saturated rings. The Morgan fingerprint density at radius 1 is 1.20 bits per heavy atom. The second-order valence-corrected chi connectivity index (χ2v) is 5.50. The Balaban J connectivity index is 2.31. The van der Waals surface area contributed by atoms with E-state index in [-0.39, 0.29) is 0 Å². The third kappa shape index (κ3) is 1.97. The van der Waals surface area contributed by atoms with E-state index in [1.165, 1.54) is 17.6 Å². The van der Waals surface area contributed by atoms with Crippen molar-refractivity contribution < 1.29 is 4.42 Å². The van der Waals surface area contributed by atoms with E-state index in [0.29, 0.717) is 15.8 Å². The fourth-order valence-electron chi connectivity index (χ4n) is 2.06. The fourth-order valence-corrected chi connectivity index (χ4v) is 3.39. The summed E-state index contributed by atoms with van der Waals surface area (Å²) < 4.78 is 5.14. The first-order valence-electron chi connectivity index (χ1n) is 5.83. The second kappa shape index (κ2) is 5.04. The van der Waals surface area contributed by atoms with Crippen molar-refractivity contribution >= 4 is 28.6 Å². The molecule has 5 heteroatoms. The van der Waals surface area contributed by atoms with Gasteiger partial charge in [0, 0.05) is 5.56 Å². The van der Waals surface area contributed by atoms with Gasteiger partial charge in [-0.15, -0.1) is 11.3 Å². The van der Waals surface area contributed by atoms with Gasteiger partial charge in [-0.1, -0.05) is 30.3 Å². The summed E-state index contributed by atoms with van der Waals surface area (Å²) in [6.45, 7) is 0. The van der Waals surface area contributed by atoms with Crippen LogP contribution in [0.4, 0.5) is 5.69 Å². The number of halogens is 1. The van der Waals surface area contributed by atoms with E-state index in [4.69, 9.17) is 21.8 Å². The molecule has 0 aliphatic rings. The highest BCUT2D eigenvalue weighted by atomic mass is 35.5. The van der Waals surface area contributed by atoms with Crippen molar-refractivity contribution in [2.45, 2.75) is 0 Å². The highest BCUT2D eigenvalue weighted by Crippen LogP contribution is 2.46. The molecule has 3 nitrogen and oxygen atoms in total. The van der Waals surface area contributed by atoms with Crippen molar-refractivity contribution in [1.82, 2.24) is 0 Å². The first-order valence-corrected chi connectivity index (χ1v) is 7.03. The van der Waals surface area contributed by atoms with Gasteiger partial charge >= 0.3 is 0 Å². The third-order valence-electron chi connectivity index (χ3n) is 2.97. The van der Waals surface area contributed by atoms with E-state index in [9.17, 15) is 5.26 Å². The second-order valence-electron chi connectivity index (χ2n) is 4.13. The summed E-state index contributed by atoms with van der Waals surface area (Å²) in [6, 6.07) is 13.6. The minimum atomic E-state index is 0.299. The number of thiophene rings is 1. The van der Waals surface area contributed by atoms with Crippen LogP contribution in [0.1, 0.15) is 4.88 Å². The van der Waals surface area contributed by atoms with Crippen molar-refractivity contribution in [2.24, 2.45) is 0 Å². The van der Waals surface area contributed by atoms with Gasteiger partial charge in [-0.3, -0.25) is 0 Å². The molecule has 0 radical (unpaired) electrons. The van der Waals surface area contributed by atoms with Gasteiger partial charge in [0.05, 0.1) is 22.4 Å². The predicted molar refractivity (Wildman–Crippen MR) is 81.6 cm³/mol. The zero-order valence-corrected chi connectivity index (χ0v) is 11.8. The first kappa shape index (κ1) is 12.8. The van der Waals surface area contributed by atoms with Crippen LogP contribution in [0.25, 0.3) is 21.6 Å². The average Bonchev–Trinajstić information content (AvgIpc) is 3.03. The molecule has 0 spiro atoms. The average molecular weight is 301 g/mol. The summed E-state index contributed by atoms with van der Waals surface area (Å²) in [4.78, 5) is 1.33. The molecule has 0 aliphatic heterocycles. The molecule has 2 aromatic heterocycles. The number of anilines is 1. The lowest BCUT2D eigenvalue weighted by Gasteiger charge is -2.04. The van der Waals surface area contributed by atoms with E-state index < -0.39 is 0 Å². The summed E-state index contributed by atoms with van der Waals surface area (Å²) in [5, 5.41) is 9.49. The largest absolute Gasteiger partial charge is 0.452 e. The maximum Gasteiger partial charge on any atom is 0.201 e. The van der Waals surface area contributed by atoms with Gasteiger partial charge in [-0.2, -0.15) is 5.26 Å². The van der Waals surface area contributed by atoms with E-state index in [2.05, 4.69) is 6.07 Å². The summed E-state index contributed by atoms with van der Waals surface area (Å²) in [5.41, 5.74) is 9.14. The van der Waals surface area contributed by atoms with Crippen molar-refractivity contribution in [3.63, 3.8) is 0 Å². The lowest BCUT2D eigenvalue weighted by atomic mass is 10.0. The summed E-state index contributed by atoms with van der Waals surface area (Å²) in [6.07, 6.45) is 1.52. The van der Waals surface area contributed by atoms with Gasteiger partial charge in [-0.05, 0) is 23.2 Å².